The Bertz CT molecular complexity index is 294. The van der Waals surface area contributed by atoms with Gasteiger partial charge < -0.3 is 9.84 Å². The molecule has 6 nitrogen and oxygen atoms in total. The van der Waals surface area contributed by atoms with Gasteiger partial charge in [-0.05, 0) is 25.8 Å². The molecule has 0 saturated heterocycles. The molecule has 0 aromatic heterocycles. The summed E-state index contributed by atoms with van der Waals surface area (Å²) >= 11 is 0. The van der Waals surface area contributed by atoms with Crippen LogP contribution in [0.4, 0.5) is 0 Å². The van der Waals surface area contributed by atoms with Gasteiger partial charge in [0.15, 0.2) is 0 Å². The van der Waals surface area contributed by atoms with Crippen LogP contribution < -0.4 is 0 Å². The molecule has 0 aliphatic heterocycles. The van der Waals surface area contributed by atoms with Crippen molar-refractivity contribution in [3.63, 3.8) is 0 Å². The summed E-state index contributed by atoms with van der Waals surface area (Å²) < 4.78 is 5.46. The molecule has 0 unspecified atom stereocenters. The van der Waals surface area contributed by atoms with Gasteiger partial charge >= 0.3 is 5.97 Å². The molecule has 0 saturated carbocycles. The highest BCUT2D eigenvalue weighted by Crippen LogP contribution is 2.19. The molecule has 0 spiro atoms. The van der Waals surface area contributed by atoms with E-state index >= 15 is 0 Å². The Hall–Kier alpha value is -1.26. The molecule has 0 atom stereocenters. The molecular weight excluding hydrogens is 210 g/mol. The second kappa shape index (κ2) is 5.72. The summed E-state index contributed by atoms with van der Waals surface area (Å²) in [7, 11) is 0. The zero-order valence-corrected chi connectivity index (χ0v) is 10.2. The van der Waals surface area contributed by atoms with Crippen molar-refractivity contribution in [2.75, 3.05) is 6.61 Å². The largest absolute Gasteiger partial charge is 0.481 e. The molecule has 0 heterocycles. The maximum absolute atomic E-state index is 10.5. The molecule has 0 aliphatic rings. The fourth-order valence-electron chi connectivity index (χ4n) is 1.16. The van der Waals surface area contributed by atoms with Crippen LogP contribution >= 0.6 is 0 Å². The number of azide groups is 1. The average molecular weight is 229 g/mol. The van der Waals surface area contributed by atoms with Crippen LogP contribution in [-0.4, -0.2) is 28.8 Å². The van der Waals surface area contributed by atoms with Gasteiger partial charge in [-0.15, -0.1) is 0 Å². The van der Waals surface area contributed by atoms with Crippen molar-refractivity contribution in [1.82, 2.24) is 0 Å². The number of hydrogen-bond donors (Lipinski definition) is 1. The number of hydrogen-bond acceptors (Lipinski definition) is 3. The lowest BCUT2D eigenvalue weighted by molar-refractivity contribution is -0.143. The summed E-state index contributed by atoms with van der Waals surface area (Å²) in [6, 6.07) is 0. The van der Waals surface area contributed by atoms with Gasteiger partial charge in [-0.3, -0.25) is 4.79 Å². The van der Waals surface area contributed by atoms with Crippen LogP contribution in [0.3, 0.4) is 0 Å². The number of carbonyl (C=O) groups is 1. The fraction of sp³-hybridized carbons (Fsp3) is 0.900. The fourth-order valence-corrected chi connectivity index (χ4v) is 1.16. The van der Waals surface area contributed by atoms with Crippen molar-refractivity contribution in [3.8, 4) is 0 Å². The zero-order valence-electron chi connectivity index (χ0n) is 10.2. The number of ether oxygens (including phenoxy) is 1. The first-order chi connectivity index (χ1) is 7.18. The highest BCUT2D eigenvalue weighted by Gasteiger charge is 2.24. The summed E-state index contributed by atoms with van der Waals surface area (Å²) in [6.07, 6.45) is 0.509. The molecule has 1 N–H and O–H groups in total. The van der Waals surface area contributed by atoms with Crippen LogP contribution in [0.25, 0.3) is 10.4 Å². The van der Waals surface area contributed by atoms with Crippen molar-refractivity contribution in [2.24, 2.45) is 5.11 Å². The summed E-state index contributed by atoms with van der Waals surface area (Å²) in [5.41, 5.74) is 7.12. The minimum Gasteiger partial charge on any atom is -0.481 e. The lowest BCUT2D eigenvalue weighted by atomic mass is 10.0. The van der Waals surface area contributed by atoms with Crippen LogP contribution in [0.15, 0.2) is 5.11 Å². The van der Waals surface area contributed by atoms with Crippen molar-refractivity contribution in [3.05, 3.63) is 10.4 Å². The lowest BCUT2D eigenvalue weighted by Gasteiger charge is -2.25. The Morgan fingerprint density at radius 2 is 2.00 bits per heavy atom. The van der Waals surface area contributed by atoms with E-state index in [-0.39, 0.29) is 6.42 Å². The highest BCUT2D eigenvalue weighted by molar-refractivity contribution is 5.67. The zero-order chi connectivity index (χ0) is 12.8. The van der Waals surface area contributed by atoms with Crippen LogP contribution in [0.5, 0.6) is 0 Å². The topological polar surface area (TPSA) is 95.3 Å². The van der Waals surface area contributed by atoms with E-state index in [4.69, 9.17) is 15.4 Å². The van der Waals surface area contributed by atoms with Crippen molar-refractivity contribution in [2.45, 2.75) is 51.7 Å². The third-order valence-corrected chi connectivity index (χ3v) is 2.10. The predicted octanol–water partition coefficient (Wildman–Crippen LogP) is 2.74. The first-order valence-electron chi connectivity index (χ1n) is 5.10. The van der Waals surface area contributed by atoms with E-state index in [1.54, 1.807) is 27.7 Å². The van der Waals surface area contributed by atoms with Gasteiger partial charge in [0.1, 0.15) is 0 Å². The van der Waals surface area contributed by atoms with Crippen molar-refractivity contribution >= 4 is 5.97 Å². The molecule has 0 aromatic carbocycles. The normalized spacial score (nSPS) is 12.0. The van der Waals surface area contributed by atoms with E-state index in [1.807, 2.05) is 0 Å². The summed E-state index contributed by atoms with van der Waals surface area (Å²) in [6.45, 7) is 7.43. The van der Waals surface area contributed by atoms with Crippen molar-refractivity contribution in [1.29, 1.82) is 0 Å². The average Bonchev–Trinajstić information content (AvgIpc) is 1.99. The van der Waals surface area contributed by atoms with Gasteiger partial charge in [-0.2, -0.15) is 0 Å². The maximum Gasteiger partial charge on any atom is 0.306 e. The monoisotopic (exact) mass is 229 g/mol. The number of carboxylic acid groups (broad SMARTS) is 1. The second-order valence-corrected chi connectivity index (χ2v) is 4.93. The van der Waals surface area contributed by atoms with E-state index in [2.05, 4.69) is 10.0 Å². The van der Waals surface area contributed by atoms with Gasteiger partial charge in [0.25, 0.3) is 0 Å². The molecule has 0 aromatic rings. The summed E-state index contributed by atoms with van der Waals surface area (Å²) in [4.78, 5) is 13.3. The second-order valence-electron chi connectivity index (χ2n) is 4.93. The molecule has 0 amide bonds. The van der Waals surface area contributed by atoms with Gasteiger partial charge in [-0.1, -0.05) is 19.0 Å². The van der Waals surface area contributed by atoms with E-state index in [1.165, 1.54) is 0 Å². The SMILES string of the molecule is CC(C)(CCOC(C)(C)CC(=O)O)N=[N+]=[N-]. The maximum atomic E-state index is 10.5. The van der Waals surface area contributed by atoms with Crippen LogP contribution in [0.1, 0.15) is 40.5 Å². The Morgan fingerprint density at radius 3 is 2.44 bits per heavy atom. The Kier molecular flexibility index (Phi) is 5.27. The summed E-state index contributed by atoms with van der Waals surface area (Å²) in [5, 5.41) is 12.3. The van der Waals surface area contributed by atoms with E-state index in [9.17, 15) is 4.79 Å². The Morgan fingerprint density at radius 1 is 1.44 bits per heavy atom. The number of carboxylic acids is 1. The third kappa shape index (κ3) is 7.09. The lowest BCUT2D eigenvalue weighted by Crippen LogP contribution is -2.30. The Balaban J connectivity index is 4.06. The highest BCUT2D eigenvalue weighted by atomic mass is 16.5. The first kappa shape index (κ1) is 14.7. The van der Waals surface area contributed by atoms with Crippen LogP contribution in [-0.2, 0) is 9.53 Å². The van der Waals surface area contributed by atoms with Gasteiger partial charge in [0.05, 0.1) is 12.0 Å². The molecule has 16 heavy (non-hydrogen) atoms. The number of aliphatic carboxylic acids is 1. The minimum atomic E-state index is -0.890. The van der Waals surface area contributed by atoms with E-state index in [0.29, 0.717) is 13.0 Å². The van der Waals surface area contributed by atoms with Crippen LogP contribution in [0.2, 0.25) is 0 Å². The van der Waals surface area contributed by atoms with Gasteiger partial charge in [0, 0.05) is 17.1 Å². The molecule has 0 bridgehead atoms. The van der Waals surface area contributed by atoms with E-state index < -0.39 is 17.1 Å². The van der Waals surface area contributed by atoms with E-state index in [0.717, 1.165) is 0 Å². The van der Waals surface area contributed by atoms with Gasteiger partial charge in [-0.25, -0.2) is 0 Å². The minimum absolute atomic E-state index is 0.0467. The molecule has 0 aliphatic carbocycles. The third-order valence-electron chi connectivity index (χ3n) is 2.10. The van der Waals surface area contributed by atoms with Gasteiger partial charge in [0.2, 0.25) is 0 Å². The summed E-state index contributed by atoms with van der Waals surface area (Å²) in [5.74, 6) is -0.890. The van der Waals surface area contributed by atoms with Crippen LogP contribution in [0, 0.1) is 0 Å². The predicted molar refractivity (Wildman–Crippen MR) is 60.1 cm³/mol. The molecular formula is C10H19N3O3. The molecule has 0 fully saturated rings. The molecule has 0 radical (unpaired) electrons. The molecule has 92 valence electrons. The smallest absolute Gasteiger partial charge is 0.306 e. The van der Waals surface area contributed by atoms with Crippen molar-refractivity contribution < 1.29 is 14.6 Å². The Labute approximate surface area is 95.2 Å². The number of nitrogens with zero attached hydrogens (tertiary/aromatic N) is 3. The molecule has 0 rings (SSSR count). The molecule has 6 heteroatoms. The number of rotatable bonds is 7. The first-order valence-corrected chi connectivity index (χ1v) is 5.10. The quantitative estimate of drug-likeness (QED) is 0.413. The standard InChI is InChI=1S/C10H19N3O3/c1-9(2,12-13-11)5-6-16-10(3,4)7-8(14)15/h5-7H2,1-4H3,(H,14,15).